The van der Waals surface area contributed by atoms with E-state index >= 15 is 0 Å². The number of carbonyl (C=O) groups is 1. The van der Waals surface area contributed by atoms with Crippen LogP contribution in [0.5, 0.6) is 5.75 Å². The van der Waals surface area contributed by atoms with Gasteiger partial charge in [-0.1, -0.05) is 55.5 Å². The predicted molar refractivity (Wildman–Crippen MR) is 75.8 cm³/mol. The van der Waals surface area contributed by atoms with E-state index in [2.05, 4.69) is 0 Å². The van der Waals surface area contributed by atoms with Crippen LogP contribution in [0.3, 0.4) is 0 Å². The number of hydrogen-bond acceptors (Lipinski definition) is 2. The van der Waals surface area contributed by atoms with Crippen molar-refractivity contribution in [1.82, 2.24) is 0 Å². The summed E-state index contributed by atoms with van der Waals surface area (Å²) in [4.78, 5) is 11.3. The van der Waals surface area contributed by atoms with Crippen molar-refractivity contribution >= 4 is 5.91 Å². The first-order valence-corrected chi connectivity index (χ1v) is 6.32. The van der Waals surface area contributed by atoms with E-state index in [1.54, 1.807) is 0 Å². The van der Waals surface area contributed by atoms with Gasteiger partial charge >= 0.3 is 0 Å². The lowest BCUT2D eigenvalue weighted by Crippen LogP contribution is -2.33. The summed E-state index contributed by atoms with van der Waals surface area (Å²) in [5.74, 6) is 0.240. The minimum absolute atomic E-state index is 0.439. The summed E-state index contributed by atoms with van der Waals surface area (Å²) < 4.78 is 5.74. The Bertz CT molecular complexity index is 552. The topological polar surface area (TPSA) is 52.3 Å². The van der Waals surface area contributed by atoms with E-state index in [1.807, 2.05) is 61.5 Å². The van der Waals surface area contributed by atoms with Gasteiger partial charge in [0.1, 0.15) is 5.75 Å². The third kappa shape index (κ3) is 3.13. The quantitative estimate of drug-likeness (QED) is 0.893. The van der Waals surface area contributed by atoms with E-state index in [9.17, 15) is 4.79 Å². The molecule has 0 aliphatic carbocycles. The van der Waals surface area contributed by atoms with Gasteiger partial charge in [0.2, 0.25) is 0 Å². The SMILES string of the molecule is CC[C@@H](Oc1ccccc1-c1ccccc1)C(N)=O. The summed E-state index contributed by atoms with van der Waals surface area (Å²) in [7, 11) is 0. The monoisotopic (exact) mass is 255 g/mol. The minimum atomic E-state index is -0.593. The molecule has 0 aliphatic rings. The lowest BCUT2D eigenvalue weighted by atomic mass is 10.0. The molecule has 0 heterocycles. The molecule has 2 aromatic rings. The van der Waals surface area contributed by atoms with Crippen molar-refractivity contribution < 1.29 is 9.53 Å². The number of carbonyl (C=O) groups excluding carboxylic acids is 1. The molecule has 3 nitrogen and oxygen atoms in total. The highest BCUT2D eigenvalue weighted by Gasteiger charge is 2.16. The number of benzene rings is 2. The van der Waals surface area contributed by atoms with Crippen LogP contribution >= 0.6 is 0 Å². The van der Waals surface area contributed by atoms with Crippen molar-refractivity contribution in [2.45, 2.75) is 19.4 Å². The van der Waals surface area contributed by atoms with Crippen molar-refractivity contribution in [3.8, 4) is 16.9 Å². The largest absolute Gasteiger partial charge is 0.480 e. The zero-order valence-electron chi connectivity index (χ0n) is 10.9. The van der Waals surface area contributed by atoms with Gasteiger partial charge in [0, 0.05) is 5.56 Å². The second-order valence-corrected chi connectivity index (χ2v) is 4.28. The maximum Gasteiger partial charge on any atom is 0.258 e. The van der Waals surface area contributed by atoms with Crippen molar-refractivity contribution in [3.05, 3.63) is 54.6 Å². The van der Waals surface area contributed by atoms with Gasteiger partial charge in [-0.05, 0) is 18.1 Å². The van der Waals surface area contributed by atoms with Crippen molar-refractivity contribution in [2.75, 3.05) is 0 Å². The Morgan fingerprint density at radius 2 is 1.74 bits per heavy atom. The lowest BCUT2D eigenvalue weighted by Gasteiger charge is -2.17. The summed E-state index contributed by atoms with van der Waals surface area (Å²) >= 11 is 0. The van der Waals surface area contributed by atoms with Gasteiger partial charge in [0.15, 0.2) is 6.10 Å². The molecule has 0 fully saturated rings. The Labute approximate surface area is 113 Å². The summed E-state index contributed by atoms with van der Waals surface area (Å²) in [6.45, 7) is 1.88. The van der Waals surface area contributed by atoms with E-state index in [-0.39, 0.29) is 0 Å². The van der Waals surface area contributed by atoms with Crippen LogP contribution in [0.1, 0.15) is 13.3 Å². The molecule has 1 atom stereocenters. The summed E-state index contributed by atoms with van der Waals surface area (Å²) in [6, 6.07) is 17.6. The summed E-state index contributed by atoms with van der Waals surface area (Å²) in [5.41, 5.74) is 7.33. The Hall–Kier alpha value is -2.29. The van der Waals surface area contributed by atoms with Gasteiger partial charge in [-0.15, -0.1) is 0 Å². The molecule has 0 saturated heterocycles. The Balaban J connectivity index is 2.34. The highest BCUT2D eigenvalue weighted by Crippen LogP contribution is 2.30. The third-order valence-corrected chi connectivity index (χ3v) is 2.93. The van der Waals surface area contributed by atoms with Gasteiger partial charge in [-0.25, -0.2) is 0 Å². The number of nitrogens with two attached hydrogens (primary N) is 1. The number of hydrogen-bond donors (Lipinski definition) is 1. The fourth-order valence-corrected chi connectivity index (χ4v) is 1.92. The van der Waals surface area contributed by atoms with Crippen molar-refractivity contribution in [3.63, 3.8) is 0 Å². The molecule has 0 aliphatic heterocycles. The molecule has 19 heavy (non-hydrogen) atoms. The number of rotatable bonds is 5. The fraction of sp³-hybridized carbons (Fsp3) is 0.188. The first-order chi connectivity index (χ1) is 9.22. The van der Waals surface area contributed by atoms with Crippen molar-refractivity contribution in [2.24, 2.45) is 5.73 Å². The molecule has 0 aromatic heterocycles. The van der Waals surface area contributed by atoms with Gasteiger partial charge in [-0.2, -0.15) is 0 Å². The Kier molecular flexibility index (Phi) is 4.18. The van der Waals surface area contributed by atoms with Crippen LogP contribution in [0.4, 0.5) is 0 Å². The van der Waals surface area contributed by atoms with Crippen LogP contribution in [-0.4, -0.2) is 12.0 Å². The van der Waals surface area contributed by atoms with E-state index in [0.717, 1.165) is 11.1 Å². The number of primary amides is 1. The highest BCUT2D eigenvalue weighted by atomic mass is 16.5. The zero-order valence-corrected chi connectivity index (χ0v) is 10.9. The smallest absolute Gasteiger partial charge is 0.258 e. The Morgan fingerprint density at radius 1 is 1.11 bits per heavy atom. The van der Waals surface area contributed by atoms with Gasteiger partial charge in [0.05, 0.1) is 0 Å². The molecular formula is C16H17NO2. The molecule has 98 valence electrons. The normalized spacial score (nSPS) is 11.8. The molecule has 0 bridgehead atoms. The molecule has 2 aromatic carbocycles. The first kappa shape index (κ1) is 13.1. The molecule has 0 saturated carbocycles. The van der Waals surface area contributed by atoms with Crippen LogP contribution in [0, 0.1) is 0 Å². The van der Waals surface area contributed by atoms with Crippen LogP contribution in [0.15, 0.2) is 54.6 Å². The second-order valence-electron chi connectivity index (χ2n) is 4.28. The van der Waals surface area contributed by atoms with E-state index in [0.29, 0.717) is 12.2 Å². The lowest BCUT2D eigenvalue weighted by molar-refractivity contribution is -0.124. The van der Waals surface area contributed by atoms with E-state index in [4.69, 9.17) is 10.5 Å². The molecule has 3 heteroatoms. The molecule has 2 N–H and O–H groups in total. The number of para-hydroxylation sites is 1. The molecule has 1 amide bonds. The zero-order chi connectivity index (χ0) is 13.7. The molecule has 2 rings (SSSR count). The maximum absolute atomic E-state index is 11.3. The third-order valence-electron chi connectivity index (χ3n) is 2.93. The molecule has 0 radical (unpaired) electrons. The highest BCUT2D eigenvalue weighted by molar-refractivity contribution is 5.80. The summed E-state index contributed by atoms with van der Waals surface area (Å²) in [5, 5.41) is 0. The number of amides is 1. The first-order valence-electron chi connectivity index (χ1n) is 6.32. The predicted octanol–water partition coefficient (Wildman–Crippen LogP) is 3.00. The Morgan fingerprint density at radius 3 is 2.37 bits per heavy atom. The van der Waals surface area contributed by atoms with Crippen molar-refractivity contribution in [1.29, 1.82) is 0 Å². The minimum Gasteiger partial charge on any atom is -0.480 e. The average molecular weight is 255 g/mol. The van der Waals surface area contributed by atoms with Crippen LogP contribution in [0.25, 0.3) is 11.1 Å². The second kappa shape index (κ2) is 6.05. The van der Waals surface area contributed by atoms with Gasteiger partial charge < -0.3 is 10.5 Å². The molecule has 0 spiro atoms. The van der Waals surface area contributed by atoms with E-state index < -0.39 is 12.0 Å². The van der Waals surface area contributed by atoms with Crippen LogP contribution < -0.4 is 10.5 Å². The van der Waals surface area contributed by atoms with Crippen LogP contribution in [-0.2, 0) is 4.79 Å². The van der Waals surface area contributed by atoms with Crippen LogP contribution in [0.2, 0.25) is 0 Å². The van der Waals surface area contributed by atoms with Gasteiger partial charge in [-0.3, -0.25) is 4.79 Å². The molecular weight excluding hydrogens is 238 g/mol. The number of ether oxygens (including phenoxy) is 1. The fourth-order valence-electron chi connectivity index (χ4n) is 1.92. The standard InChI is InChI=1S/C16H17NO2/c1-2-14(16(17)18)19-15-11-7-6-10-13(15)12-8-4-3-5-9-12/h3-11,14H,2H2,1H3,(H2,17,18)/t14-/m1/s1. The van der Waals surface area contributed by atoms with E-state index in [1.165, 1.54) is 0 Å². The maximum atomic E-state index is 11.3. The average Bonchev–Trinajstić information content (AvgIpc) is 2.45. The van der Waals surface area contributed by atoms with Gasteiger partial charge in [0.25, 0.3) is 5.91 Å². The molecule has 0 unspecified atom stereocenters. The summed E-state index contributed by atoms with van der Waals surface area (Å²) in [6.07, 6.45) is -0.0387.